The molecule has 8 heteroatoms. The Bertz CT molecular complexity index is 1210. The highest BCUT2D eigenvalue weighted by molar-refractivity contribution is 5.68. The minimum atomic E-state index is -0.234. The highest BCUT2D eigenvalue weighted by Crippen LogP contribution is 2.45. The summed E-state index contributed by atoms with van der Waals surface area (Å²) < 4.78 is 7.68. The van der Waals surface area contributed by atoms with Gasteiger partial charge in [-0.3, -0.25) is 9.67 Å². The van der Waals surface area contributed by atoms with Gasteiger partial charge in [0.25, 0.3) is 0 Å². The van der Waals surface area contributed by atoms with Gasteiger partial charge in [0.2, 0.25) is 0 Å². The molecular weight excluding hydrogens is 464 g/mol. The van der Waals surface area contributed by atoms with E-state index >= 15 is 0 Å². The number of nitrogens with zero attached hydrogens (tertiary/aromatic N) is 4. The molecule has 2 saturated carbocycles. The number of hydrogen-bond donors (Lipinski definition) is 2. The monoisotopic (exact) mass is 500 g/mol. The molecule has 3 heterocycles. The SMILES string of the molecule is NC[C@H]1C[C@H](n2cc(-c3cc(NC4CCN(C(=O)OCc5ccccc5)CC4)ccn3)c(C3CC3)n2)C1. The van der Waals surface area contributed by atoms with Crippen molar-refractivity contribution in [2.24, 2.45) is 11.7 Å². The van der Waals surface area contributed by atoms with Gasteiger partial charge in [-0.05, 0) is 68.7 Å². The number of amides is 1. The van der Waals surface area contributed by atoms with Gasteiger partial charge >= 0.3 is 6.09 Å². The van der Waals surface area contributed by atoms with Crippen LogP contribution in [0.2, 0.25) is 0 Å². The molecule has 3 N–H and O–H groups in total. The number of hydrogen-bond acceptors (Lipinski definition) is 6. The van der Waals surface area contributed by atoms with Gasteiger partial charge in [0.1, 0.15) is 6.61 Å². The fourth-order valence-electron chi connectivity index (χ4n) is 5.48. The second-order valence-corrected chi connectivity index (χ2v) is 10.8. The van der Waals surface area contributed by atoms with E-state index in [9.17, 15) is 4.79 Å². The second-order valence-electron chi connectivity index (χ2n) is 10.8. The van der Waals surface area contributed by atoms with Crippen LogP contribution in [-0.4, -0.2) is 51.4 Å². The molecule has 8 nitrogen and oxygen atoms in total. The Kier molecular flexibility index (Phi) is 6.83. The molecule has 1 amide bonds. The van der Waals surface area contributed by atoms with E-state index in [1.807, 2.05) is 47.5 Å². The highest BCUT2D eigenvalue weighted by atomic mass is 16.6. The molecule has 0 spiro atoms. The van der Waals surface area contributed by atoms with Gasteiger partial charge < -0.3 is 20.7 Å². The minimum absolute atomic E-state index is 0.234. The number of rotatable bonds is 8. The lowest BCUT2D eigenvalue weighted by Gasteiger charge is -2.34. The summed E-state index contributed by atoms with van der Waals surface area (Å²) in [5.74, 6) is 1.19. The van der Waals surface area contributed by atoms with Crippen molar-refractivity contribution in [2.75, 3.05) is 25.0 Å². The zero-order valence-corrected chi connectivity index (χ0v) is 21.3. The zero-order valence-electron chi connectivity index (χ0n) is 21.3. The molecule has 0 unspecified atom stereocenters. The lowest BCUT2D eigenvalue weighted by Crippen LogP contribution is -2.42. The molecule has 37 heavy (non-hydrogen) atoms. The lowest BCUT2D eigenvalue weighted by molar-refractivity contribution is 0.0882. The number of nitrogens with one attached hydrogen (secondary N) is 1. The first kappa shape index (κ1) is 24.0. The Morgan fingerprint density at radius 1 is 1.08 bits per heavy atom. The van der Waals surface area contributed by atoms with Gasteiger partial charge in [0.05, 0.1) is 17.4 Å². The molecule has 3 aliphatic rings. The van der Waals surface area contributed by atoms with Gasteiger partial charge in [0, 0.05) is 48.7 Å². The molecular formula is C29H36N6O2. The van der Waals surface area contributed by atoms with Crippen LogP contribution in [0.25, 0.3) is 11.3 Å². The summed E-state index contributed by atoms with van der Waals surface area (Å²) >= 11 is 0. The van der Waals surface area contributed by atoms with Crippen molar-refractivity contribution in [3.8, 4) is 11.3 Å². The molecule has 1 aliphatic heterocycles. The van der Waals surface area contributed by atoms with E-state index in [0.29, 0.717) is 43.6 Å². The number of carbonyl (C=O) groups is 1. The smallest absolute Gasteiger partial charge is 0.410 e. The van der Waals surface area contributed by atoms with Crippen LogP contribution in [0.3, 0.4) is 0 Å². The molecule has 2 aliphatic carbocycles. The van der Waals surface area contributed by atoms with Crippen LogP contribution in [0.1, 0.15) is 61.7 Å². The second kappa shape index (κ2) is 10.5. The standard InChI is InChI=1S/C29H36N6O2/c30-17-21-14-25(15-21)35-18-26(28(33-35)22-6-7-22)27-16-24(8-11-31-27)32-23-9-12-34(13-10-23)29(36)37-19-20-4-2-1-3-5-20/h1-5,8,11,16,18,21-23,25H,6-7,9-10,12-15,17,19,30H2,(H,31,32)/t21-,25-. The van der Waals surface area contributed by atoms with Crippen molar-refractivity contribution in [1.29, 1.82) is 0 Å². The third-order valence-corrected chi connectivity index (χ3v) is 8.01. The number of ether oxygens (including phenoxy) is 1. The Morgan fingerprint density at radius 3 is 2.59 bits per heavy atom. The number of benzene rings is 1. The van der Waals surface area contributed by atoms with Gasteiger partial charge in [-0.1, -0.05) is 30.3 Å². The Morgan fingerprint density at radius 2 is 1.86 bits per heavy atom. The summed E-state index contributed by atoms with van der Waals surface area (Å²) in [6.45, 7) is 2.45. The third-order valence-electron chi connectivity index (χ3n) is 8.01. The normalized spacial score (nSPS) is 21.9. The van der Waals surface area contributed by atoms with Crippen LogP contribution in [-0.2, 0) is 11.3 Å². The molecule has 0 atom stereocenters. The van der Waals surface area contributed by atoms with Crippen LogP contribution in [0.5, 0.6) is 0 Å². The molecule has 6 rings (SSSR count). The fourth-order valence-corrected chi connectivity index (χ4v) is 5.48. The maximum Gasteiger partial charge on any atom is 0.410 e. The number of nitrogens with two attached hydrogens (primary N) is 1. The number of likely N-dealkylation sites (tertiary alicyclic amines) is 1. The fraction of sp³-hybridized carbons (Fsp3) is 0.483. The zero-order chi connectivity index (χ0) is 25.2. The first-order valence-corrected chi connectivity index (χ1v) is 13.6. The number of aromatic nitrogens is 3. The average molecular weight is 501 g/mol. The predicted molar refractivity (Wildman–Crippen MR) is 143 cm³/mol. The lowest BCUT2D eigenvalue weighted by atomic mass is 9.80. The Hall–Kier alpha value is -3.39. The third kappa shape index (κ3) is 5.49. The van der Waals surface area contributed by atoms with Crippen LogP contribution >= 0.6 is 0 Å². The molecule has 1 saturated heterocycles. The summed E-state index contributed by atoms with van der Waals surface area (Å²) in [5, 5.41) is 8.69. The van der Waals surface area contributed by atoms with Crippen molar-refractivity contribution < 1.29 is 9.53 Å². The van der Waals surface area contributed by atoms with E-state index in [-0.39, 0.29) is 6.09 Å². The van der Waals surface area contributed by atoms with Crippen LogP contribution in [0.4, 0.5) is 10.5 Å². The van der Waals surface area contributed by atoms with Gasteiger partial charge in [-0.15, -0.1) is 0 Å². The highest BCUT2D eigenvalue weighted by Gasteiger charge is 2.34. The van der Waals surface area contributed by atoms with Crippen molar-refractivity contribution in [1.82, 2.24) is 19.7 Å². The number of piperidine rings is 1. The molecule has 3 fully saturated rings. The van der Waals surface area contributed by atoms with Gasteiger partial charge in [0.15, 0.2) is 0 Å². The molecule has 0 radical (unpaired) electrons. The minimum Gasteiger partial charge on any atom is -0.445 e. The topological polar surface area (TPSA) is 98.3 Å². The van der Waals surface area contributed by atoms with Gasteiger partial charge in [-0.2, -0.15) is 5.10 Å². The molecule has 3 aromatic rings. The summed E-state index contributed by atoms with van der Waals surface area (Å²) in [4.78, 5) is 19.0. The van der Waals surface area contributed by atoms with Crippen molar-refractivity contribution in [3.05, 3.63) is 66.1 Å². The first-order valence-electron chi connectivity index (χ1n) is 13.6. The molecule has 0 bridgehead atoms. The number of pyridine rings is 1. The largest absolute Gasteiger partial charge is 0.445 e. The van der Waals surface area contributed by atoms with E-state index in [0.717, 1.165) is 49.2 Å². The summed E-state index contributed by atoms with van der Waals surface area (Å²) in [5.41, 5.74) is 11.3. The summed E-state index contributed by atoms with van der Waals surface area (Å²) in [6.07, 6.45) is 10.3. The Labute approximate surface area is 218 Å². The average Bonchev–Trinajstić information content (AvgIpc) is 3.67. The van der Waals surface area contributed by atoms with E-state index in [4.69, 9.17) is 20.6 Å². The van der Waals surface area contributed by atoms with E-state index in [1.54, 1.807) is 0 Å². The first-order chi connectivity index (χ1) is 18.2. The van der Waals surface area contributed by atoms with Crippen molar-refractivity contribution >= 4 is 11.8 Å². The number of anilines is 1. The van der Waals surface area contributed by atoms with E-state index in [1.165, 1.54) is 24.1 Å². The quantitative estimate of drug-likeness (QED) is 0.454. The number of carbonyl (C=O) groups excluding carboxylic acids is 1. The predicted octanol–water partition coefficient (Wildman–Crippen LogP) is 4.95. The van der Waals surface area contributed by atoms with E-state index in [2.05, 4.69) is 22.3 Å². The maximum absolute atomic E-state index is 12.5. The Balaban J connectivity index is 1.06. The summed E-state index contributed by atoms with van der Waals surface area (Å²) in [6, 6.07) is 14.8. The summed E-state index contributed by atoms with van der Waals surface area (Å²) in [7, 11) is 0. The van der Waals surface area contributed by atoms with Gasteiger partial charge in [-0.25, -0.2) is 4.79 Å². The van der Waals surface area contributed by atoms with Crippen LogP contribution < -0.4 is 11.1 Å². The molecule has 1 aromatic carbocycles. The van der Waals surface area contributed by atoms with Crippen molar-refractivity contribution in [3.63, 3.8) is 0 Å². The van der Waals surface area contributed by atoms with E-state index < -0.39 is 0 Å². The van der Waals surface area contributed by atoms with Crippen LogP contribution in [0, 0.1) is 5.92 Å². The molecule has 194 valence electrons. The molecule has 2 aromatic heterocycles. The maximum atomic E-state index is 12.5. The van der Waals surface area contributed by atoms with Crippen LogP contribution in [0.15, 0.2) is 54.9 Å². The van der Waals surface area contributed by atoms with Crippen molar-refractivity contribution in [2.45, 2.75) is 63.1 Å².